The highest BCUT2D eigenvalue weighted by Crippen LogP contribution is 2.27. The van der Waals surface area contributed by atoms with Crippen LogP contribution in [0.2, 0.25) is 0 Å². The summed E-state index contributed by atoms with van der Waals surface area (Å²) in [5, 5.41) is 0.625. The first-order valence-corrected chi connectivity index (χ1v) is 8.23. The normalized spacial score (nSPS) is 24.8. The van der Waals surface area contributed by atoms with Crippen molar-refractivity contribution in [2.24, 2.45) is 5.92 Å². The summed E-state index contributed by atoms with van der Waals surface area (Å²) in [6.45, 7) is 2.60. The number of hydrogen-bond acceptors (Lipinski definition) is 3. The Bertz CT molecular complexity index is 813. The molecule has 5 heteroatoms. The van der Waals surface area contributed by atoms with Crippen molar-refractivity contribution in [1.82, 2.24) is 14.8 Å². The number of aromatic amines is 1. The highest BCUT2D eigenvalue weighted by Gasteiger charge is 2.35. The van der Waals surface area contributed by atoms with Gasteiger partial charge in [-0.3, -0.25) is 9.59 Å². The lowest BCUT2D eigenvalue weighted by Gasteiger charge is -2.32. The minimum atomic E-state index is -0.0994. The van der Waals surface area contributed by atoms with Gasteiger partial charge in [0.25, 0.3) is 5.91 Å². The van der Waals surface area contributed by atoms with Crippen molar-refractivity contribution in [3.8, 4) is 0 Å². The Balaban J connectivity index is 1.68. The second-order valence-electron chi connectivity index (χ2n) is 6.84. The van der Waals surface area contributed by atoms with Gasteiger partial charge < -0.3 is 14.8 Å². The quantitative estimate of drug-likeness (QED) is 0.872. The van der Waals surface area contributed by atoms with Gasteiger partial charge in [0.05, 0.1) is 0 Å². The van der Waals surface area contributed by atoms with Crippen molar-refractivity contribution in [3.63, 3.8) is 0 Å². The van der Waals surface area contributed by atoms with Crippen LogP contribution in [0.3, 0.4) is 0 Å². The fraction of sp³-hybridized carbons (Fsp3) is 0.444. The Morgan fingerprint density at radius 3 is 2.83 bits per heavy atom. The molecule has 5 rings (SSSR count). The van der Waals surface area contributed by atoms with Crippen molar-refractivity contribution in [2.75, 3.05) is 26.7 Å². The van der Waals surface area contributed by atoms with Gasteiger partial charge in [-0.1, -0.05) is 12.1 Å². The Morgan fingerprint density at radius 2 is 2.00 bits per heavy atom. The van der Waals surface area contributed by atoms with Crippen LogP contribution >= 0.6 is 0 Å². The van der Waals surface area contributed by atoms with Crippen LogP contribution in [-0.2, 0) is 0 Å². The number of pyridine rings is 1. The summed E-state index contributed by atoms with van der Waals surface area (Å²) in [7, 11) is 2.14. The predicted octanol–water partition coefficient (Wildman–Crippen LogP) is 1.69. The lowest BCUT2D eigenvalue weighted by atomic mass is 9.96. The summed E-state index contributed by atoms with van der Waals surface area (Å²) in [5.74, 6) is 0.481. The number of carbonyl (C=O) groups is 1. The first-order chi connectivity index (χ1) is 11.1. The van der Waals surface area contributed by atoms with E-state index in [-0.39, 0.29) is 11.3 Å². The number of benzene rings is 1. The first kappa shape index (κ1) is 14.5. The first-order valence-electron chi connectivity index (χ1n) is 8.23. The molecule has 1 amide bonds. The van der Waals surface area contributed by atoms with E-state index in [0.717, 1.165) is 31.6 Å². The number of para-hydroxylation sites is 1. The van der Waals surface area contributed by atoms with Gasteiger partial charge in [-0.15, -0.1) is 0 Å². The van der Waals surface area contributed by atoms with Gasteiger partial charge in [-0.05, 0) is 37.9 Å². The molecule has 3 aliphatic heterocycles. The van der Waals surface area contributed by atoms with E-state index in [9.17, 15) is 9.59 Å². The lowest BCUT2D eigenvalue weighted by molar-refractivity contribution is 0.0737. The van der Waals surface area contributed by atoms with Gasteiger partial charge in [0, 0.05) is 42.6 Å². The molecular formula is C18H21N3O2. The van der Waals surface area contributed by atoms with Crippen LogP contribution in [0.15, 0.2) is 35.1 Å². The molecule has 3 saturated heterocycles. The smallest absolute Gasteiger partial charge is 0.270 e. The standard InChI is InChI=1S/C18H21N3O2/c1-20-9-12-6-7-13(20)11-21(10-12)18(23)16-8-17(22)14-4-2-3-5-15(14)19-16/h2-5,8,12-13H,6-7,9-11H2,1H3,(H,19,22)/t12-,13-/m1/s1. The van der Waals surface area contributed by atoms with E-state index in [2.05, 4.69) is 16.9 Å². The van der Waals surface area contributed by atoms with Crippen molar-refractivity contribution < 1.29 is 4.79 Å². The van der Waals surface area contributed by atoms with E-state index in [4.69, 9.17) is 0 Å². The van der Waals surface area contributed by atoms with Crippen LogP contribution in [0.25, 0.3) is 10.9 Å². The summed E-state index contributed by atoms with van der Waals surface area (Å²) in [4.78, 5) is 32.6. The molecule has 2 atom stereocenters. The number of aromatic nitrogens is 1. The maximum atomic E-state index is 12.9. The molecule has 1 N–H and O–H groups in total. The Hall–Kier alpha value is -2.14. The lowest BCUT2D eigenvalue weighted by Crippen LogP contribution is -2.42. The molecule has 0 aliphatic carbocycles. The minimum Gasteiger partial charge on any atom is -0.350 e. The molecule has 2 aromatic rings. The monoisotopic (exact) mass is 311 g/mol. The van der Waals surface area contributed by atoms with E-state index in [1.807, 2.05) is 23.1 Å². The van der Waals surface area contributed by atoms with Gasteiger partial charge in [-0.2, -0.15) is 0 Å². The second kappa shape index (κ2) is 5.49. The average Bonchev–Trinajstić information content (AvgIpc) is 2.85. The molecule has 2 bridgehead atoms. The number of amides is 1. The number of nitrogens with one attached hydrogen (secondary N) is 1. The van der Waals surface area contributed by atoms with Crippen molar-refractivity contribution in [3.05, 3.63) is 46.2 Å². The van der Waals surface area contributed by atoms with Crippen LogP contribution in [0.5, 0.6) is 0 Å². The number of likely N-dealkylation sites (N-methyl/N-ethyl adjacent to an activating group) is 1. The van der Waals surface area contributed by atoms with Crippen molar-refractivity contribution >= 4 is 16.8 Å². The number of fused-ring (bicyclic) bond motifs is 5. The Labute approximate surface area is 134 Å². The molecule has 0 spiro atoms. The third kappa shape index (κ3) is 2.55. The largest absolute Gasteiger partial charge is 0.350 e. The SMILES string of the molecule is CN1C[C@H]2CC[C@@H]1CN(C(=O)c1cc(=O)c3ccccc3[nH]1)C2. The zero-order chi connectivity index (χ0) is 16.0. The van der Waals surface area contributed by atoms with Crippen molar-refractivity contribution in [1.29, 1.82) is 0 Å². The molecule has 1 aromatic heterocycles. The number of rotatable bonds is 1. The fourth-order valence-electron chi connectivity index (χ4n) is 3.96. The maximum absolute atomic E-state index is 12.9. The molecule has 0 radical (unpaired) electrons. The van der Waals surface area contributed by atoms with Gasteiger partial charge in [-0.25, -0.2) is 0 Å². The van der Waals surface area contributed by atoms with E-state index in [1.165, 1.54) is 12.5 Å². The minimum absolute atomic E-state index is 0.0555. The number of nitrogens with zero attached hydrogens (tertiary/aromatic N) is 2. The summed E-state index contributed by atoms with van der Waals surface area (Å²) in [6, 6.07) is 9.21. The number of carbonyl (C=O) groups excluding carboxylic acids is 1. The summed E-state index contributed by atoms with van der Waals surface area (Å²) in [6.07, 6.45) is 2.34. The van der Waals surface area contributed by atoms with E-state index < -0.39 is 0 Å². The summed E-state index contributed by atoms with van der Waals surface area (Å²) >= 11 is 0. The molecule has 0 saturated carbocycles. The zero-order valence-electron chi connectivity index (χ0n) is 13.3. The van der Waals surface area contributed by atoms with Crippen LogP contribution < -0.4 is 5.43 Å². The predicted molar refractivity (Wildman–Crippen MR) is 89.6 cm³/mol. The zero-order valence-corrected chi connectivity index (χ0v) is 13.3. The van der Waals surface area contributed by atoms with Gasteiger partial charge >= 0.3 is 0 Å². The maximum Gasteiger partial charge on any atom is 0.270 e. The Morgan fingerprint density at radius 1 is 1.17 bits per heavy atom. The van der Waals surface area contributed by atoms with E-state index in [1.54, 1.807) is 6.07 Å². The second-order valence-corrected chi connectivity index (χ2v) is 6.84. The average molecular weight is 311 g/mol. The molecule has 0 unspecified atom stereocenters. The fourth-order valence-corrected chi connectivity index (χ4v) is 3.96. The van der Waals surface area contributed by atoms with Gasteiger partial charge in [0.1, 0.15) is 5.69 Å². The third-order valence-electron chi connectivity index (χ3n) is 5.24. The van der Waals surface area contributed by atoms with E-state index in [0.29, 0.717) is 23.0 Å². The van der Waals surface area contributed by atoms with Crippen LogP contribution in [-0.4, -0.2) is 53.4 Å². The molecule has 5 nitrogen and oxygen atoms in total. The summed E-state index contributed by atoms with van der Waals surface area (Å²) in [5.41, 5.74) is 1.02. The third-order valence-corrected chi connectivity index (χ3v) is 5.24. The van der Waals surface area contributed by atoms with Gasteiger partial charge in [0.2, 0.25) is 0 Å². The molecule has 1 aromatic carbocycles. The number of H-pyrrole nitrogens is 1. The van der Waals surface area contributed by atoms with Gasteiger partial charge in [0.15, 0.2) is 5.43 Å². The van der Waals surface area contributed by atoms with E-state index >= 15 is 0 Å². The highest BCUT2D eigenvalue weighted by molar-refractivity contribution is 5.95. The topological polar surface area (TPSA) is 56.4 Å². The molecule has 3 fully saturated rings. The molecule has 3 aliphatic rings. The molecular weight excluding hydrogens is 290 g/mol. The van der Waals surface area contributed by atoms with Crippen LogP contribution in [0.4, 0.5) is 0 Å². The highest BCUT2D eigenvalue weighted by atomic mass is 16.2. The van der Waals surface area contributed by atoms with Crippen molar-refractivity contribution in [2.45, 2.75) is 18.9 Å². The number of piperidine rings is 1. The number of hydrogen-bond donors (Lipinski definition) is 1. The molecule has 23 heavy (non-hydrogen) atoms. The Kier molecular flexibility index (Phi) is 3.45. The van der Waals surface area contributed by atoms with Crippen LogP contribution in [0.1, 0.15) is 23.3 Å². The summed E-state index contributed by atoms with van der Waals surface area (Å²) < 4.78 is 0. The molecule has 4 heterocycles. The van der Waals surface area contributed by atoms with Crippen LogP contribution in [0, 0.1) is 5.92 Å². The molecule has 120 valence electrons.